The Kier molecular flexibility index (Phi) is 3.11. The van der Waals surface area contributed by atoms with Crippen LogP contribution in [0.3, 0.4) is 0 Å². The molecule has 0 amide bonds. The SMILES string of the molecule is C[C@]12C=CC(=O)C=C1C(C=O)C[C@@H]1[C@@H]2CC[C@@]2(C)C(=O)CC[C@@H]12. The van der Waals surface area contributed by atoms with Crippen LogP contribution in [-0.2, 0) is 14.4 Å². The van der Waals surface area contributed by atoms with Gasteiger partial charge in [0, 0.05) is 23.2 Å². The summed E-state index contributed by atoms with van der Waals surface area (Å²) in [5.41, 5.74) is 0.629. The summed E-state index contributed by atoms with van der Waals surface area (Å²) in [5.74, 6) is 1.51. The maximum absolute atomic E-state index is 12.4. The largest absolute Gasteiger partial charge is 0.303 e. The minimum absolute atomic E-state index is 0.000494. The van der Waals surface area contributed by atoms with Gasteiger partial charge >= 0.3 is 0 Å². The summed E-state index contributed by atoms with van der Waals surface area (Å²) >= 11 is 0. The molecule has 0 saturated heterocycles. The number of hydrogen-bond acceptors (Lipinski definition) is 3. The first-order chi connectivity index (χ1) is 10.9. The molecule has 6 atom stereocenters. The van der Waals surface area contributed by atoms with Crippen molar-refractivity contribution in [1.29, 1.82) is 0 Å². The maximum atomic E-state index is 12.4. The lowest BCUT2D eigenvalue weighted by atomic mass is 9.47. The van der Waals surface area contributed by atoms with Gasteiger partial charge in [-0.15, -0.1) is 0 Å². The number of ketones is 2. The van der Waals surface area contributed by atoms with Crippen LogP contribution in [0.2, 0.25) is 0 Å². The molecule has 3 heteroatoms. The molecule has 0 heterocycles. The predicted molar refractivity (Wildman–Crippen MR) is 86.6 cm³/mol. The molecule has 0 aromatic heterocycles. The zero-order valence-electron chi connectivity index (χ0n) is 13.9. The molecule has 3 nitrogen and oxygen atoms in total. The monoisotopic (exact) mass is 312 g/mol. The number of aldehydes is 1. The van der Waals surface area contributed by atoms with E-state index in [9.17, 15) is 14.4 Å². The fourth-order valence-corrected chi connectivity index (χ4v) is 6.23. The van der Waals surface area contributed by atoms with E-state index in [-0.39, 0.29) is 22.5 Å². The van der Waals surface area contributed by atoms with E-state index in [0.29, 0.717) is 30.0 Å². The van der Waals surface area contributed by atoms with Crippen molar-refractivity contribution >= 4 is 17.9 Å². The number of allylic oxidation sites excluding steroid dienone is 4. The third-order valence-electron chi connectivity index (χ3n) is 7.52. The first kappa shape index (κ1) is 15.0. The van der Waals surface area contributed by atoms with Gasteiger partial charge in [-0.25, -0.2) is 0 Å². The van der Waals surface area contributed by atoms with Crippen molar-refractivity contribution in [3.8, 4) is 0 Å². The van der Waals surface area contributed by atoms with E-state index in [1.165, 1.54) is 0 Å². The van der Waals surface area contributed by atoms with E-state index in [2.05, 4.69) is 13.8 Å². The summed E-state index contributed by atoms with van der Waals surface area (Å²) in [6.07, 6.45) is 10.9. The van der Waals surface area contributed by atoms with Crippen molar-refractivity contribution in [1.82, 2.24) is 0 Å². The molecule has 0 aromatic rings. The third kappa shape index (κ3) is 1.85. The molecule has 23 heavy (non-hydrogen) atoms. The van der Waals surface area contributed by atoms with Crippen LogP contribution < -0.4 is 0 Å². The molecule has 122 valence electrons. The topological polar surface area (TPSA) is 51.2 Å². The van der Waals surface area contributed by atoms with Gasteiger partial charge in [0.15, 0.2) is 5.78 Å². The molecule has 4 aliphatic carbocycles. The summed E-state index contributed by atoms with van der Waals surface area (Å²) in [6, 6.07) is 0. The summed E-state index contributed by atoms with van der Waals surface area (Å²) in [5, 5.41) is 0. The highest BCUT2D eigenvalue weighted by Crippen LogP contribution is 2.64. The fraction of sp³-hybridized carbons (Fsp3) is 0.650. The molecule has 0 aromatic carbocycles. The van der Waals surface area contributed by atoms with E-state index in [1.54, 1.807) is 12.2 Å². The van der Waals surface area contributed by atoms with Crippen LogP contribution in [0.25, 0.3) is 0 Å². The number of fused-ring (bicyclic) bond motifs is 5. The lowest BCUT2D eigenvalue weighted by Crippen LogP contribution is -2.52. The van der Waals surface area contributed by atoms with Gasteiger partial charge in [-0.2, -0.15) is 0 Å². The Bertz CT molecular complexity index is 658. The lowest BCUT2D eigenvalue weighted by molar-refractivity contribution is -0.132. The first-order valence-corrected chi connectivity index (χ1v) is 8.84. The Labute approximate surface area is 137 Å². The van der Waals surface area contributed by atoms with Crippen LogP contribution in [0.4, 0.5) is 0 Å². The Morgan fingerprint density at radius 2 is 1.96 bits per heavy atom. The Hall–Kier alpha value is -1.51. The van der Waals surface area contributed by atoms with Gasteiger partial charge in [0.05, 0.1) is 0 Å². The summed E-state index contributed by atoms with van der Waals surface area (Å²) in [7, 11) is 0. The number of carbonyl (C=O) groups is 3. The molecule has 0 N–H and O–H groups in total. The van der Waals surface area contributed by atoms with Gasteiger partial charge in [0.25, 0.3) is 0 Å². The van der Waals surface area contributed by atoms with Crippen LogP contribution in [-0.4, -0.2) is 17.9 Å². The predicted octanol–water partition coefficient (Wildman–Crippen LogP) is 3.29. The second kappa shape index (κ2) is 4.75. The Morgan fingerprint density at radius 1 is 1.17 bits per heavy atom. The quantitative estimate of drug-likeness (QED) is 0.698. The van der Waals surface area contributed by atoms with Crippen molar-refractivity contribution in [2.45, 2.75) is 46.0 Å². The second-order valence-electron chi connectivity index (χ2n) is 8.39. The van der Waals surface area contributed by atoms with Crippen molar-refractivity contribution in [3.05, 3.63) is 23.8 Å². The molecule has 0 spiro atoms. The fourth-order valence-electron chi connectivity index (χ4n) is 6.23. The molecule has 0 radical (unpaired) electrons. The van der Waals surface area contributed by atoms with Gasteiger partial charge < -0.3 is 4.79 Å². The summed E-state index contributed by atoms with van der Waals surface area (Å²) < 4.78 is 0. The van der Waals surface area contributed by atoms with E-state index in [1.807, 2.05) is 6.08 Å². The molecular formula is C20H24O3. The summed E-state index contributed by atoms with van der Waals surface area (Å²) in [4.78, 5) is 36.0. The van der Waals surface area contributed by atoms with Gasteiger partial charge in [-0.05, 0) is 61.2 Å². The average molecular weight is 312 g/mol. The van der Waals surface area contributed by atoms with Crippen LogP contribution in [0, 0.1) is 34.5 Å². The van der Waals surface area contributed by atoms with Crippen LogP contribution >= 0.6 is 0 Å². The van der Waals surface area contributed by atoms with Gasteiger partial charge in [-0.3, -0.25) is 9.59 Å². The number of rotatable bonds is 1. The molecule has 0 aliphatic heterocycles. The summed E-state index contributed by atoms with van der Waals surface area (Å²) in [6.45, 7) is 4.33. The van der Waals surface area contributed by atoms with Crippen LogP contribution in [0.5, 0.6) is 0 Å². The molecule has 4 aliphatic rings. The van der Waals surface area contributed by atoms with Gasteiger partial charge in [0.1, 0.15) is 12.1 Å². The highest BCUT2D eigenvalue weighted by atomic mass is 16.1. The molecule has 1 unspecified atom stereocenters. The van der Waals surface area contributed by atoms with Crippen molar-refractivity contribution in [2.75, 3.05) is 0 Å². The molecule has 3 saturated carbocycles. The Morgan fingerprint density at radius 3 is 2.70 bits per heavy atom. The zero-order chi connectivity index (χ0) is 16.4. The highest BCUT2D eigenvalue weighted by molar-refractivity contribution is 6.01. The second-order valence-corrected chi connectivity index (χ2v) is 8.39. The standard InChI is InChI=1S/C20H24O3/c1-19-7-5-13(22)10-17(19)12(11-21)9-14-15-3-4-18(23)20(15,2)8-6-16(14)19/h5,7,10-12,14-16H,3-4,6,8-9H2,1-2H3/t12?,14-,15-,16-,19+,20+/m0/s1. The van der Waals surface area contributed by atoms with Crippen molar-refractivity contribution in [2.24, 2.45) is 34.5 Å². The average Bonchev–Trinajstić information content (AvgIpc) is 2.83. The van der Waals surface area contributed by atoms with E-state index >= 15 is 0 Å². The van der Waals surface area contributed by atoms with E-state index < -0.39 is 0 Å². The molecule has 3 fully saturated rings. The molecular weight excluding hydrogens is 288 g/mol. The Balaban J connectivity index is 1.78. The van der Waals surface area contributed by atoms with Crippen molar-refractivity contribution in [3.63, 3.8) is 0 Å². The van der Waals surface area contributed by atoms with Gasteiger partial charge in [-0.1, -0.05) is 19.9 Å². The minimum atomic E-state index is -0.199. The molecule has 0 bridgehead atoms. The van der Waals surface area contributed by atoms with Gasteiger partial charge in [0.2, 0.25) is 0 Å². The van der Waals surface area contributed by atoms with Crippen LogP contribution in [0.15, 0.2) is 23.8 Å². The van der Waals surface area contributed by atoms with Crippen molar-refractivity contribution < 1.29 is 14.4 Å². The third-order valence-corrected chi connectivity index (χ3v) is 7.52. The normalized spacial score (nSPS) is 48.3. The lowest BCUT2D eigenvalue weighted by Gasteiger charge is -2.56. The first-order valence-electron chi connectivity index (χ1n) is 8.84. The number of carbonyl (C=O) groups excluding carboxylic acids is 3. The number of Topliss-reactive ketones (excluding diaryl/α,β-unsaturated/α-hetero) is 1. The maximum Gasteiger partial charge on any atom is 0.178 e. The molecule has 4 rings (SSSR count). The van der Waals surface area contributed by atoms with E-state index in [0.717, 1.165) is 37.5 Å². The zero-order valence-corrected chi connectivity index (χ0v) is 13.9. The smallest absolute Gasteiger partial charge is 0.178 e. The number of hydrogen-bond donors (Lipinski definition) is 0. The minimum Gasteiger partial charge on any atom is -0.303 e. The van der Waals surface area contributed by atoms with Crippen LogP contribution in [0.1, 0.15) is 46.0 Å². The van der Waals surface area contributed by atoms with E-state index in [4.69, 9.17) is 0 Å². The highest BCUT2D eigenvalue weighted by Gasteiger charge is 2.59.